The summed E-state index contributed by atoms with van der Waals surface area (Å²) in [4.78, 5) is 14.7. The van der Waals surface area contributed by atoms with Crippen LogP contribution in [-0.4, -0.2) is 18.1 Å². The molecule has 1 aromatic heterocycles. The monoisotopic (exact) mass is 405 g/mol. The van der Waals surface area contributed by atoms with E-state index in [2.05, 4.69) is 25.7 Å². The number of ether oxygens (including phenoxy) is 1. The molecule has 0 unspecified atom stereocenters. The Hall–Kier alpha value is -0.310. The third kappa shape index (κ3) is 3.09. The van der Waals surface area contributed by atoms with Gasteiger partial charge in [0.25, 0.3) is 6.43 Å². The molecule has 0 fully saturated rings. The summed E-state index contributed by atoms with van der Waals surface area (Å²) >= 11 is 5.06. The van der Waals surface area contributed by atoms with E-state index in [-0.39, 0.29) is 17.7 Å². The lowest BCUT2D eigenvalue weighted by Crippen LogP contribution is -2.10. The number of pyridine rings is 1. The molecule has 0 aromatic carbocycles. The van der Waals surface area contributed by atoms with Gasteiger partial charge in [0, 0.05) is 19.8 Å². The van der Waals surface area contributed by atoms with Crippen LogP contribution in [0.25, 0.3) is 0 Å². The highest BCUT2D eigenvalue weighted by Crippen LogP contribution is 2.29. The topological polar surface area (TPSA) is 39.2 Å². The highest BCUT2D eigenvalue weighted by Gasteiger charge is 2.21. The molecule has 1 heterocycles. The summed E-state index contributed by atoms with van der Waals surface area (Å²) in [7, 11) is 1.21. The third-order valence-corrected chi connectivity index (χ3v) is 4.43. The van der Waals surface area contributed by atoms with E-state index >= 15 is 0 Å². The lowest BCUT2D eigenvalue weighted by atomic mass is 10.1. The normalized spacial score (nSPS) is 10.6. The van der Waals surface area contributed by atoms with E-state index in [0.717, 1.165) is 0 Å². The van der Waals surface area contributed by atoms with Gasteiger partial charge in [-0.1, -0.05) is 0 Å². The third-order valence-electron chi connectivity index (χ3n) is 1.86. The summed E-state index contributed by atoms with van der Waals surface area (Å²) in [6.45, 7) is 0. The van der Waals surface area contributed by atoms with Crippen LogP contribution in [0.15, 0.2) is 10.7 Å². The molecule has 0 amide bonds. The highest BCUT2D eigenvalue weighted by molar-refractivity contribution is 14.1. The number of esters is 1. The van der Waals surface area contributed by atoms with Crippen LogP contribution in [0.1, 0.15) is 17.7 Å². The molecule has 0 aliphatic heterocycles. The zero-order valence-corrected chi connectivity index (χ0v) is 11.9. The fourth-order valence-electron chi connectivity index (χ4n) is 1.09. The average Bonchev–Trinajstić information content (AvgIpc) is 2.24. The van der Waals surface area contributed by atoms with Crippen molar-refractivity contribution in [3.8, 4) is 0 Å². The van der Waals surface area contributed by atoms with Gasteiger partial charge >= 0.3 is 5.97 Å². The molecule has 16 heavy (non-hydrogen) atoms. The molecule has 1 aromatic rings. The van der Waals surface area contributed by atoms with Crippen LogP contribution in [0.2, 0.25) is 0 Å². The highest BCUT2D eigenvalue weighted by atomic mass is 127. The Bertz CT molecular complexity index is 415. The number of hydrogen-bond donors (Lipinski definition) is 0. The van der Waals surface area contributed by atoms with Crippen molar-refractivity contribution >= 4 is 44.5 Å². The first kappa shape index (κ1) is 13.8. The zero-order chi connectivity index (χ0) is 12.3. The first-order valence-electron chi connectivity index (χ1n) is 4.15. The number of carbonyl (C=O) groups excluding carboxylic acids is 1. The van der Waals surface area contributed by atoms with E-state index in [1.165, 1.54) is 13.3 Å². The van der Waals surface area contributed by atoms with Crippen LogP contribution in [0.5, 0.6) is 0 Å². The van der Waals surface area contributed by atoms with Crippen molar-refractivity contribution in [2.45, 2.75) is 12.8 Å². The van der Waals surface area contributed by atoms with Crippen LogP contribution in [0, 0.1) is 3.57 Å². The van der Waals surface area contributed by atoms with Crippen LogP contribution >= 0.6 is 38.5 Å². The first-order valence-corrected chi connectivity index (χ1v) is 6.02. The maximum absolute atomic E-state index is 12.7. The van der Waals surface area contributed by atoms with Gasteiger partial charge in [0.15, 0.2) is 0 Å². The van der Waals surface area contributed by atoms with Crippen molar-refractivity contribution in [3.63, 3.8) is 0 Å². The lowest BCUT2D eigenvalue weighted by molar-refractivity contribution is -0.139. The molecule has 0 aliphatic carbocycles. The Morgan fingerprint density at radius 2 is 2.31 bits per heavy atom. The molecule has 0 saturated heterocycles. The standard InChI is InChI=1S/C9H7BrF2INO2/c1-16-6(15)2-4-7(13)5(10)3-14-8(4)9(11)12/h3,9H,2H2,1H3. The van der Waals surface area contributed by atoms with Gasteiger partial charge in [-0.25, -0.2) is 8.78 Å². The van der Waals surface area contributed by atoms with Crippen molar-refractivity contribution in [2.24, 2.45) is 0 Å². The van der Waals surface area contributed by atoms with Crippen LogP contribution < -0.4 is 0 Å². The average molecular weight is 406 g/mol. The van der Waals surface area contributed by atoms with E-state index in [1.54, 1.807) is 0 Å². The van der Waals surface area contributed by atoms with Crippen LogP contribution in [0.3, 0.4) is 0 Å². The van der Waals surface area contributed by atoms with Crippen molar-refractivity contribution in [1.29, 1.82) is 0 Å². The van der Waals surface area contributed by atoms with E-state index < -0.39 is 12.4 Å². The van der Waals surface area contributed by atoms with Gasteiger partial charge in [0.05, 0.1) is 13.5 Å². The molecule has 88 valence electrons. The molecule has 7 heteroatoms. The van der Waals surface area contributed by atoms with Gasteiger partial charge in [-0.15, -0.1) is 0 Å². The molecule has 0 aliphatic rings. The number of carbonyl (C=O) groups is 1. The molecule has 0 N–H and O–H groups in total. The molecule has 1 rings (SSSR count). The zero-order valence-electron chi connectivity index (χ0n) is 8.14. The summed E-state index contributed by atoms with van der Waals surface area (Å²) in [5, 5.41) is 0. The fraction of sp³-hybridized carbons (Fsp3) is 0.333. The van der Waals surface area contributed by atoms with E-state index in [4.69, 9.17) is 0 Å². The molecule has 0 radical (unpaired) electrons. The van der Waals surface area contributed by atoms with Crippen molar-refractivity contribution in [3.05, 3.63) is 25.5 Å². The minimum absolute atomic E-state index is 0.205. The fourth-order valence-corrected chi connectivity index (χ4v) is 2.04. The van der Waals surface area contributed by atoms with Gasteiger partial charge in [0.1, 0.15) is 5.69 Å². The predicted octanol–water partition coefficient (Wildman–Crippen LogP) is 3.10. The minimum Gasteiger partial charge on any atom is -0.469 e. The van der Waals surface area contributed by atoms with Crippen molar-refractivity contribution < 1.29 is 18.3 Å². The predicted molar refractivity (Wildman–Crippen MR) is 65.3 cm³/mol. The second kappa shape index (κ2) is 5.85. The Morgan fingerprint density at radius 3 is 2.81 bits per heavy atom. The Morgan fingerprint density at radius 1 is 1.69 bits per heavy atom. The Balaban J connectivity index is 3.20. The molecule has 0 spiro atoms. The number of nitrogens with zero attached hydrogens (tertiary/aromatic N) is 1. The van der Waals surface area contributed by atoms with Gasteiger partial charge in [-0.2, -0.15) is 0 Å². The number of rotatable bonds is 3. The molecule has 0 atom stereocenters. The SMILES string of the molecule is COC(=O)Cc1c(C(F)F)ncc(Br)c1I. The number of hydrogen-bond acceptors (Lipinski definition) is 3. The molecule has 0 saturated carbocycles. The smallest absolute Gasteiger partial charge is 0.310 e. The summed E-state index contributed by atoms with van der Waals surface area (Å²) in [5.74, 6) is -0.570. The van der Waals surface area contributed by atoms with Crippen LogP contribution in [0.4, 0.5) is 8.78 Å². The maximum atomic E-state index is 12.7. The number of methoxy groups -OCH3 is 1. The second-order valence-corrected chi connectivity index (χ2v) is 4.77. The van der Waals surface area contributed by atoms with Crippen LogP contribution in [-0.2, 0) is 16.0 Å². The second-order valence-electron chi connectivity index (χ2n) is 2.84. The lowest BCUT2D eigenvalue weighted by Gasteiger charge is -2.10. The van der Waals surface area contributed by atoms with E-state index in [0.29, 0.717) is 8.04 Å². The Labute approximate surface area is 113 Å². The summed E-state index contributed by atoms with van der Waals surface area (Å²) < 4.78 is 30.9. The summed E-state index contributed by atoms with van der Waals surface area (Å²) in [6, 6.07) is 0. The van der Waals surface area contributed by atoms with Crippen molar-refractivity contribution in [1.82, 2.24) is 4.98 Å². The van der Waals surface area contributed by atoms with Gasteiger partial charge in [-0.3, -0.25) is 9.78 Å². The van der Waals surface area contributed by atoms with Gasteiger partial charge < -0.3 is 4.74 Å². The number of halogens is 4. The minimum atomic E-state index is -2.71. The van der Waals surface area contributed by atoms with E-state index in [9.17, 15) is 13.6 Å². The van der Waals surface area contributed by atoms with Crippen molar-refractivity contribution in [2.75, 3.05) is 7.11 Å². The number of aromatic nitrogens is 1. The number of alkyl halides is 2. The largest absolute Gasteiger partial charge is 0.469 e. The van der Waals surface area contributed by atoms with Gasteiger partial charge in [-0.05, 0) is 38.5 Å². The quantitative estimate of drug-likeness (QED) is 0.573. The molecular weight excluding hydrogens is 399 g/mol. The summed E-state index contributed by atoms with van der Waals surface area (Å²) in [5.41, 5.74) is -0.171. The van der Waals surface area contributed by atoms with Gasteiger partial charge in [0.2, 0.25) is 0 Å². The molecular formula is C9H7BrF2INO2. The first-order chi connectivity index (χ1) is 7.47. The molecule has 3 nitrogen and oxygen atoms in total. The van der Waals surface area contributed by atoms with E-state index in [1.807, 2.05) is 22.6 Å². The maximum Gasteiger partial charge on any atom is 0.310 e. The Kier molecular flexibility index (Phi) is 5.03. The molecule has 0 bridgehead atoms. The summed E-state index contributed by atoms with van der Waals surface area (Å²) in [6.07, 6.45) is -1.62.